The van der Waals surface area contributed by atoms with E-state index < -0.39 is 0 Å². The van der Waals surface area contributed by atoms with Crippen LogP contribution >= 0.6 is 0 Å². The van der Waals surface area contributed by atoms with Crippen LogP contribution in [0, 0.1) is 0 Å². The second kappa shape index (κ2) is 14.6. The summed E-state index contributed by atoms with van der Waals surface area (Å²) in [6.45, 7) is 16.0. The average molecular weight is 270 g/mol. The predicted octanol–water partition coefficient (Wildman–Crippen LogP) is 4.88. The summed E-state index contributed by atoms with van der Waals surface area (Å²) < 4.78 is 10.1. The Labute approximate surface area is 118 Å². The monoisotopic (exact) mass is 270 g/mol. The lowest BCUT2D eigenvalue weighted by Gasteiger charge is -1.91. The van der Waals surface area contributed by atoms with E-state index in [1.807, 2.05) is 55.4 Å². The van der Waals surface area contributed by atoms with Crippen molar-refractivity contribution in [3.63, 3.8) is 0 Å². The van der Waals surface area contributed by atoms with Crippen LogP contribution in [0.25, 0.3) is 0 Å². The van der Waals surface area contributed by atoms with Crippen LogP contribution in [0.4, 0.5) is 0 Å². The molecule has 0 heterocycles. The molecule has 0 bridgehead atoms. The van der Waals surface area contributed by atoms with Gasteiger partial charge in [-0.1, -0.05) is 0 Å². The van der Waals surface area contributed by atoms with E-state index in [1.54, 1.807) is 25.0 Å². The molecule has 0 aliphatic rings. The molecule has 0 saturated heterocycles. The van der Waals surface area contributed by atoms with Gasteiger partial charge in [0, 0.05) is 0 Å². The average Bonchev–Trinajstić information content (AvgIpc) is 2.15. The van der Waals surface area contributed by atoms with Crippen LogP contribution in [-0.2, 0) is 9.47 Å². The largest absolute Gasteiger partial charge is 0.473 e. The Balaban J connectivity index is -0.000000256. The fourth-order valence-electron chi connectivity index (χ4n) is 0.612. The maximum absolute atomic E-state index is 5.03. The van der Waals surface area contributed by atoms with E-state index in [-0.39, 0.29) is 5.48 Å². The minimum atomic E-state index is 0. The van der Waals surface area contributed by atoms with Crippen LogP contribution in [-0.4, -0.2) is 5.48 Å². The van der Waals surface area contributed by atoms with Crippen molar-refractivity contribution in [3.05, 3.63) is 47.3 Å². The SMILES string of the molecule is CC(C)=COC=C(C)C.CC(C)=COC=C(C)C.O. The molecule has 3 nitrogen and oxygen atoms in total. The van der Waals surface area contributed by atoms with E-state index >= 15 is 0 Å². The standard InChI is InChI=1S/2C8H14O.H2O/c2*1-7(2)5-9-6-8(3)4;/h2*5-6H,1-4H3;1H2. The number of hydrogen-bond acceptors (Lipinski definition) is 2. The molecule has 0 spiro atoms. The zero-order chi connectivity index (χ0) is 14.6. The number of allylic oxidation sites excluding steroid dienone is 4. The van der Waals surface area contributed by atoms with E-state index in [1.165, 1.54) is 22.3 Å². The lowest BCUT2D eigenvalue weighted by Crippen LogP contribution is -1.71. The molecule has 0 unspecified atom stereocenters. The molecule has 0 aliphatic carbocycles. The Morgan fingerprint density at radius 3 is 0.737 bits per heavy atom. The topological polar surface area (TPSA) is 50.0 Å². The molecule has 0 aromatic heterocycles. The summed E-state index contributed by atoms with van der Waals surface area (Å²) in [5, 5.41) is 0. The van der Waals surface area contributed by atoms with Crippen molar-refractivity contribution in [1.29, 1.82) is 0 Å². The van der Waals surface area contributed by atoms with Gasteiger partial charge in [0.15, 0.2) is 0 Å². The molecule has 0 fully saturated rings. The highest BCUT2D eigenvalue weighted by atomic mass is 16.5. The van der Waals surface area contributed by atoms with Crippen molar-refractivity contribution in [1.82, 2.24) is 0 Å². The van der Waals surface area contributed by atoms with Crippen LogP contribution in [0.15, 0.2) is 47.3 Å². The van der Waals surface area contributed by atoms with Crippen molar-refractivity contribution < 1.29 is 14.9 Å². The molecular weight excluding hydrogens is 240 g/mol. The predicted molar refractivity (Wildman–Crippen MR) is 83.5 cm³/mol. The normalized spacial score (nSPS) is 7.58. The van der Waals surface area contributed by atoms with Gasteiger partial charge in [0.05, 0.1) is 25.0 Å². The second-order valence-electron chi connectivity index (χ2n) is 5.05. The second-order valence-corrected chi connectivity index (χ2v) is 5.05. The lowest BCUT2D eigenvalue weighted by atomic mass is 10.4. The molecule has 0 aromatic carbocycles. The molecule has 2 N–H and O–H groups in total. The zero-order valence-corrected chi connectivity index (χ0v) is 13.6. The molecule has 0 saturated carbocycles. The molecule has 3 heteroatoms. The summed E-state index contributed by atoms with van der Waals surface area (Å²) in [6.07, 6.45) is 6.92. The van der Waals surface area contributed by atoms with E-state index in [2.05, 4.69) is 0 Å². The summed E-state index contributed by atoms with van der Waals surface area (Å²) in [5.74, 6) is 0. The van der Waals surface area contributed by atoms with Gasteiger partial charge in [-0.05, 0) is 77.7 Å². The quantitative estimate of drug-likeness (QED) is 0.684. The molecule has 19 heavy (non-hydrogen) atoms. The molecular formula is C16H30O3. The first-order valence-corrected chi connectivity index (χ1v) is 6.10. The van der Waals surface area contributed by atoms with Crippen LogP contribution in [0.5, 0.6) is 0 Å². The molecule has 0 aromatic rings. The Hall–Kier alpha value is -1.48. The van der Waals surface area contributed by atoms with E-state index in [0.29, 0.717) is 0 Å². The van der Waals surface area contributed by atoms with Gasteiger partial charge in [0.2, 0.25) is 0 Å². The minimum Gasteiger partial charge on any atom is -0.473 e. The van der Waals surface area contributed by atoms with Gasteiger partial charge in [0.25, 0.3) is 0 Å². The van der Waals surface area contributed by atoms with Crippen molar-refractivity contribution in [3.8, 4) is 0 Å². The van der Waals surface area contributed by atoms with Crippen molar-refractivity contribution in [2.75, 3.05) is 0 Å². The molecule has 0 aliphatic heterocycles. The highest BCUT2D eigenvalue weighted by Crippen LogP contribution is 1.94. The van der Waals surface area contributed by atoms with Gasteiger partial charge in [-0.3, -0.25) is 0 Å². The highest BCUT2D eigenvalue weighted by molar-refractivity contribution is 4.93. The number of ether oxygens (including phenoxy) is 2. The van der Waals surface area contributed by atoms with Crippen LogP contribution in [0.3, 0.4) is 0 Å². The van der Waals surface area contributed by atoms with Crippen molar-refractivity contribution >= 4 is 0 Å². The Morgan fingerprint density at radius 2 is 0.632 bits per heavy atom. The third kappa shape index (κ3) is 31.5. The maximum atomic E-state index is 5.03. The first-order chi connectivity index (χ1) is 8.25. The van der Waals surface area contributed by atoms with Crippen LogP contribution < -0.4 is 0 Å². The van der Waals surface area contributed by atoms with Crippen molar-refractivity contribution in [2.45, 2.75) is 55.4 Å². The van der Waals surface area contributed by atoms with Crippen LogP contribution in [0.1, 0.15) is 55.4 Å². The van der Waals surface area contributed by atoms with Gasteiger partial charge in [-0.2, -0.15) is 0 Å². The molecule has 0 rings (SSSR count). The molecule has 0 atom stereocenters. The van der Waals surface area contributed by atoms with Gasteiger partial charge in [-0.15, -0.1) is 0 Å². The fraction of sp³-hybridized carbons (Fsp3) is 0.500. The number of hydrogen-bond donors (Lipinski definition) is 0. The van der Waals surface area contributed by atoms with Gasteiger partial charge in [-0.25, -0.2) is 0 Å². The third-order valence-corrected chi connectivity index (χ3v) is 1.21. The number of rotatable bonds is 4. The summed E-state index contributed by atoms with van der Waals surface area (Å²) in [4.78, 5) is 0. The minimum absolute atomic E-state index is 0. The van der Waals surface area contributed by atoms with Crippen molar-refractivity contribution in [2.24, 2.45) is 0 Å². The Morgan fingerprint density at radius 1 is 0.474 bits per heavy atom. The lowest BCUT2D eigenvalue weighted by molar-refractivity contribution is 0.393. The summed E-state index contributed by atoms with van der Waals surface area (Å²) in [6, 6.07) is 0. The Bertz CT molecular complexity index is 252. The van der Waals surface area contributed by atoms with E-state index in [0.717, 1.165) is 0 Å². The highest BCUT2D eigenvalue weighted by Gasteiger charge is 1.76. The fourth-order valence-corrected chi connectivity index (χ4v) is 0.612. The van der Waals surface area contributed by atoms with E-state index in [9.17, 15) is 0 Å². The van der Waals surface area contributed by atoms with Gasteiger partial charge in [0.1, 0.15) is 0 Å². The third-order valence-electron chi connectivity index (χ3n) is 1.21. The van der Waals surface area contributed by atoms with Gasteiger partial charge < -0.3 is 14.9 Å². The maximum Gasteiger partial charge on any atom is 0.0887 e. The van der Waals surface area contributed by atoms with Gasteiger partial charge >= 0.3 is 0 Å². The smallest absolute Gasteiger partial charge is 0.0887 e. The Kier molecular flexibility index (Phi) is 17.4. The summed E-state index contributed by atoms with van der Waals surface area (Å²) in [7, 11) is 0. The molecule has 112 valence electrons. The van der Waals surface area contributed by atoms with E-state index in [4.69, 9.17) is 9.47 Å². The first kappa shape index (κ1) is 22.7. The molecule has 0 radical (unpaired) electrons. The first-order valence-electron chi connectivity index (χ1n) is 6.10. The molecule has 0 amide bonds. The summed E-state index contributed by atoms with van der Waals surface area (Å²) in [5.41, 5.74) is 4.69. The van der Waals surface area contributed by atoms with Crippen LogP contribution in [0.2, 0.25) is 0 Å². The zero-order valence-electron chi connectivity index (χ0n) is 13.6. The summed E-state index contributed by atoms with van der Waals surface area (Å²) >= 11 is 0.